The molecular formula is C18H24N4. The van der Waals surface area contributed by atoms with Crippen LogP contribution in [-0.2, 0) is 0 Å². The number of benzene rings is 1. The van der Waals surface area contributed by atoms with Crippen molar-refractivity contribution in [3.63, 3.8) is 0 Å². The molecule has 116 valence electrons. The number of piperazine rings is 1. The number of hydrogen-bond acceptors (Lipinski definition) is 4. The lowest BCUT2D eigenvalue weighted by Crippen LogP contribution is -2.48. The van der Waals surface area contributed by atoms with Crippen LogP contribution in [-0.4, -0.2) is 49.7 Å². The summed E-state index contributed by atoms with van der Waals surface area (Å²) in [5, 5.41) is 3.50. The summed E-state index contributed by atoms with van der Waals surface area (Å²) in [4.78, 5) is 9.16. The second-order valence-electron chi connectivity index (χ2n) is 5.80. The maximum Gasteiger partial charge on any atom is 0.0489 e. The molecule has 0 spiro atoms. The van der Waals surface area contributed by atoms with Crippen LogP contribution in [0.25, 0.3) is 0 Å². The Bertz CT molecular complexity index is 558. The summed E-state index contributed by atoms with van der Waals surface area (Å²) in [5.41, 5.74) is 2.58. The number of hydrogen-bond donors (Lipinski definition) is 1. The topological polar surface area (TPSA) is 31.4 Å². The van der Waals surface area contributed by atoms with Gasteiger partial charge in [0.1, 0.15) is 0 Å². The summed E-state index contributed by atoms with van der Waals surface area (Å²) in [7, 11) is 2.16. The average Bonchev–Trinajstić information content (AvgIpc) is 2.61. The second kappa shape index (κ2) is 7.38. The molecular weight excluding hydrogens is 272 g/mol. The molecule has 1 aromatic heterocycles. The Morgan fingerprint density at radius 3 is 2.86 bits per heavy atom. The van der Waals surface area contributed by atoms with Gasteiger partial charge in [-0.25, -0.2) is 0 Å². The van der Waals surface area contributed by atoms with Crippen LogP contribution in [0.5, 0.6) is 0 Å². The van der Waals surface area contributed by atoms with E-state index >= 15 is 0 Å². The molecule has 3 rings (SSSR count). The molecule has 22 heavy (non-hydrogen) atoms. The van der Waals surface area contributed by atoms with Crippen LogP contribution >= 0.6 is 0 Å². The summed E-state index contributed by atoms with van der Waals surface area (Å²) in [5.74, 6) is 0. The lowest BCUT2D eigenvalue weighted by Gasteiger charge is -2.37. The Labute approximate surface area is 132 Å². The van der Waals surface area contributed by atoms with Crippen LogP contribution in [0.1, 0.15) is 11.6 Å². The van der Waals surface area contributed by atoms with Crippen molar-refractivity contribution in [3.05, 3.63) is 60.4 Å². The minimum atomic E-state index is 0.423. The first kappa shape index (κ1) is 15.0. The van der Waals surface area contributed by atoms with E-state index in [1.54, 1.807) is 0 Å². The largest absolute Gasteiger partial charge is 0.373 e. The minimum Gasteiger partial charge on any atom is -0.373 e. The van der Waals surface area contributed by atoms with Gasteiger partial charge in [-0.3, -0.25) is 9.88 Å². The fourth-order valence-electron chi connectivity index (χ4n) is 3.01. The highest BCUT2D eigenvalue weighted by atomic mass is 15.2. The molecule has 1 N–H and O–H groups in total. The van der Waals surface area contributed by atoms with Crippen molar-refractivity contribution in [2.24, 2.45) is 0 Å². The Hall–Kier alpha value is -1.91. The van der Waals surface area contributed by atoms with Crippen molar-refractivity contribution in [2.45, 2.75) is 6.04 Å². The fourth-order valence-corrected chi connectivity index (χ4v) is 3.01. The normalized spacial score (nSPS) is 19.0. The highest BCUT2D eigenvalue weighted by Gasteiger charge is 2.23. The van der Waals surface area contributed by atoms with E-state index in [0.717, 1.165) is 32.7 Å². The van der Waals surface area contributed by atoms with Crippen molar-refractivity contribution < 1.29 is 0 Å². The molecule has 1 aromatic carbocycles. The van der Waals surface area contributed by atoms with E-state index in [2.05, 4.69) is 63.5 Å². The number of likely N-dealkylation sites (N-methyl/N-ethyl adjacent to an activating group) is 1. The van der Waals surface area contributed by atoms with Crippen molar-refractivity contribution in [1.29, 1.82) is 0 Å². The number of rotatable bonds is 5. The van der Waals surface area contributed by atoms with E-state index in [0.29, 0.717) is 6.04 Å². The summed E-state index contributed by atoms with van der Waals surface area (Å²) >= 11 is 0. The van der Waals surface area contributed by atoms with Crippen LogP contribution < -0.4 is 10.2 Å². The third-order valence-electron chi connectivity index (χ3n) is 4.34. The monoisotopic (exact) mass is 296 g/mol. The molecule has 1 saturated heterocycles. The van der Waals surface area contributed by atoms with Gasteiger partial charge in [-0.2, -0.15) is 0 Å². The maximum atomic E-state index is 4.27. The Balaban J connectivity index is 1.62. The molecule has 2 aromatic rings. The van der Waals surface area contributed by atoms with Gasteiger partial charge in [0.05, 0.1) is 0 Å². The average molecular weight is 296 g/mol. The molecule has 1 fully saturated rings. The van der Waals surface area contributed by atoms with Gasteiger partial charge in [0.15, 0.2) is 0 Å². The van der Waals surface area contributed by atoms with Gasteiger partial charge in [0.2, 0.25) is 0 Å². The molecule has 0 amide bonds. The van der Waals surface area contributed by atoms with Crippen LogP contribution in [0.3, 0.4) is 0 Å². The third kappa shape index (κ3) is 3.64. The van der Waals surface area contributed by atoms with Gasteiger partial charge in [-0.1, -0.05) is 24.3 Å². The molecule has 2 heterocycles. The van der Waals surface area contributed by atoms with Gasteiger partial charge in [0.25, 0.3) is 0 Å². The highest BCUT2D eigenvalue weighted by Crippen LogP contribution is 2.21. The quantitative estimate of drug-likeness (QED) is 0.916. The van der Waals surface area contributed by atoms with E-state index in [4.69, 9.17) is 0 Å². The first-order valence-corrected chi connectivity index (χ1v) is 7.95. The van der Waals surface area contributed by atoms with E-state index in [-0.39, 0.29) is 0 Å². The zero-order valence-electron chi connectivity index (χ0n) is 13.2. The lowest BCUT2D eigenvalue weighted by atomic mass is 10.1. The van der Waals surface area contributed by atoms with Crippen molar-refractivity contribution in [1.82, 2.24) is 15.2 Å². The van der Waals surface area contributed by atoms with Gasteiger partial charge >= 0.3 is 0 Å². The number of nitrogens with one attached hydrogen (secondary N) is 1. The molecule has 1 aliphatic rings. The SMILES string of the molecule is CN(CCN1CCNCC1c1cccnc1)c1ccccc1. The van der Waals surface area contributed by atoms with Crippen molar-refractivity contribution in [3.8, 4) is 0 Å². The number of aromatic nitrogens is 1. The fraction of sp³-hybridized carbons (Fsp3) is 0.389. The molecule has 1 aliphatic heterocycles. The third-order valence-corrected chi connectivity index (χ3v) is 4.34. The highest BCUT2D eigenvalue weighted by molar-refractivity contribution is 5.44. The number of anilines is 1. The summed E-state index contributed by atoms with van der Waals surface area (Å²) in [6.45, 7) is 5.24. The molecule has 1 atom stereocenters. The maximum absolute atomic E-state index is 4.27. The molecule has 0 saturated carbocycles. The van der Waals surface area contributed by atoms with Gasteiger partial charge in [-0.05, 0) is 23.8 Å². The van der Waals surface area contributed by atoms with E-state index in [9.17, 15) is 0 Å². The summed E-state index contributed by atoms with van der Waals surface area (Å²) in [6, 6.07) is 15.2. The minimum absolute atomic E-state index is 0.423. The predicted octanol–water partition coefficient (Wildman–Crippen LogP) is 2.16. The van der Waals surface area contributed by atoms with Crippen LogP contribution in [0, 0.1) is 0 Å². The molecule has 0 bridgehead atoms. The Morgan fingerprint density at radius 2 is 2.09 bits per heavy atom. The summed E-state index contributed by atoms with van der Waals surface area (Å²) in [6.07, 6.45) is 3.83. The van der Waals surface area contributed by atoms with Crippen LogP contribution in [0.4, 0.5) is 5.69 Å². The number of para-hydroxylation sites is 1. The van der Waals surface area contributed by atoms with Crippen molar-refractivity contribution >= 4 is 5.69 Å². The predicted molar refractivity (Wildman–Crippen MR) is 91.1 cm³/mol. The zero-order chi connectivity index (χ0) is 15.2. The smallest absolute Gasteiger partial charge is 0.0489 e. The van der Waals surface area contributed by atoms with Crippen molar-refractivity contribution in [2.75, 3.05) is 44.7 Å². The van der Waals surface area contributed by atoms with E-state index < -0.39 is 0 Å². The first-order chi connectivity index (χ1) is 10.8. The molecule has 1 unspecified atom stereocenters. The molecule has 4 nitrogen and oxygen atoms in total. The molecule has 0 radical (unpaired) electrons. The Morgan fingerprint density at radius 1 is 1.23 bits per heavy atom. The van der Waals surface area contributed by atoms with Gasteiger partial charge < -0.3 is 10.2 Å². The van der Waals surface area contributed by atoms with Crippen LogP contribution in [0.2, 0.25) is 0 Å². The number of pyridine rings is 1. The zero-order valence-corrected chi connectivity index (χ0v) is 13.2. The molecule has 0 aliphatic carbocycles. The molecule has 4 heteroatoms. The first-order valence-electron chi connectivity index (χ1n) is 7.95. The number of nitrogens with zero attached hydrogens (tertiary/aromatic N) is 3. The standard InChI is InChI=1S/C18H24N4/c1-21(17-7-3-2-4-8-17)12-13-22-11-10-20-15-18(22)16-6-5-9-19-14-16/h2-9,14,18,20H,10-13,15H2,1H3. The Kier molecular flexibility index (Phi) is 5.03. The lowest BCUT2D eigenvalue weighted by molar-refractivity contribution is 0.166. The van der Waals surface area contributed by atoms with Gasteiger partial charge in [-0.15, -0.1) is 0 Å². The summed E-state index contributed by atoms with van der Waals surface area (Å²) < 4.78 is 0. The second-order valence-corrected chi connectivity index (χ2v) is 5.80. The van der Waals surface area contributed by atoms with Gasteiger partial charge in [0, 0.05) is 63.9 Å². The van der Waals surface area contributed by atoms with E-state index in [1.165, 1.54) is 11.3 Å². The van der Waals surface area contributed by atoms with E-state index in [1.807, 2.05) is 18.5 Å². The van der Waals surface area contributed by atoms with Crippen LogP contribution in [0.15, 0.2) is 54.9 Å².